The van der Waals surface area contributed by atoms with E-state index in [1.807, 2.05) is 12.1 Å². The molecule has 3 rings (SSSR count). The van der Waals surface area contributed by atoms with Gasteiger partial charge in [-0.15, -0.1) is 0 Å². The highest BCUT2D eigenvalue weighted by atomic mass is 35.5. The smallest absolute Gasteiger partial charge is 0.254 e. The molecule has 0 aromatic heterocycles. The van der Waals surface area contributed by atoms with E-state index in [9.17, 15) is 4.79 Å². The highest BCUT2D eigenvalue weighted by Gasteiger charge is 2.20. The van der Waals surface area contributed by atoms with E-state index in [1.165, 1.54) is 0 Å². The number of hydrogen-bond donors (Lipinski definition) is 1. The average molecular weight is 353 g/mol. The van der Waals surface area contributed by atoms with Crippen molar-refractivity contribution in [3.8, 4) is 5.75 Å². The van der Waals surface area contributed by atoms with Crippen LogP contribution < -0.4 is 10.1 Å². The second kappa shape index (κ2) is 8.19. The summed E-state index contributed by atoms with van der Waals surface area (Å²) >= 11 is 5.74. The lowest BCUT2D eigenvalue weighted by Crippen LogP contribution is -2.35. The number of rotatable bonds is 5. The third-order valence-electron chi connectivity index (χ3n) is 4.75. The van der Waals surface area contributed by atoms with Gasteiger partial charge in [0.05, 0.1) is 11.3 Å². The van der Waals surface area contributed by atoms with Crippen LogP contribution in [0.5, 0.6) is 5.75 Å². The Hall–Kier alpha value is -1.30. The lowest BCUT2D eigenvalue weighted by Gasteiger charge is -2.30. The molecule has 0 aliphatic carbocycles. The summed E-state index contributed by atoms with van der Waals surface area (Å²) in [6.45, 7) is 3.59. The number of halogens is 1. The van der Waals surface area contributed by atoms with Gasteiger partial charge in [0.1, 0.15) is 11.9 Å². The van der Waals surface area contributed by atoms with E-state index in [2.05, 4.69) is 17.3 Å². The summed E-state index contributed by atoms with van der Waals surface area (Å²) in [5.74, 6) is 0.792. The van der Waals surface area contributed by atoms with Gasteiger partial charge < -0.3 is 19.7 Å². The summed E-state index contributed by atoms with van der Waals surface area (Å²) in [6, 6.07) is 5.79. The molecule has 2 aliphatic heterocycles. The van der Waals surface area contributed by atoms with Crippen molar-refractivity contribution in [3.63, 3.8) is 0 Å². The molecule has 0 spiro atoms. The van der Waals surface area contributed by atoms with Gasteiger partial charge in [-0.2, -0.15) is 0 Å². The van der Waals surface area contributed by atoms with Gasteiger partial charge in [-0.25, -0.2) is 0 Å². The number of nitrogens with zero attached hydrogens (tertiary/aromatic N) is 1. The van der Waals surface area contributed by atoms with Crippen molar-refractivity contribution in [2.45, 2.75) is 37.8 Å². The number of carbonyl (C=O) groups is 1. The third-order valence-corrected chi connectivity index (χ3v) is 4.96. The van der Waals surface area contributed by atoms with Crippen LogP contribution in [-0.4, -0.2) is 55.6 Å². The van der Waals surface area contributed by atoms with E-state index in [0.29, 0.717) is 11.6 Å². The van der Waals surface area contributed by atoms with Crippen molar-refractivity contribution in [2.24, 2.45) is 0 Å². The number of ether oxygens (including phenoxy) is 2. The van der Waals surface area contributed by atoms with Crippen molar-refractivity contribution >= 4 is 22.5 Å². The number of likely N-dealkylation sites (tertiary alicyclic amines) is 1. The van der Waals surface area contributed by atoms with Crippen LogP contribution in [0.1, 0.15) is 36.0 Å². The quantitative estimate of drug-likeness (QED) is 0.825. The Balaban J connectivity index is 1.71. The molecule has 0 radical (unpaired) electrons. The monoisotopic (exact) mass is 352 g/mol. The van der Waals surface area contributed by atoms with Crippen LogP contribution in [0.3, 0.4) is 0 Å². The highest BCUT2D eigenvalue weighted by Crippen LogP contribution is 2.28. The molecule has 2 aliphatic rings. The van der Waals surface area contributed by atoms with E-state index in [1.54, 1.807) is 6.07 Å². The molecule has 0 atom stereocenters. The molecule has 1 aromatic rings. The van der Waals surface area contributed by atoms with Crippen molar-refractivity contribution in [2.75, 3.05) is 38.7 Å². The maximum absolute atomic E-state index is 11.7. The largest absolute Gasteiger partial charge is 0.490 e. The van der Waals surface area contributed by atoms with Crippen molar-refractivity contribution < 1.29 is 14.3 Å². The molecule has 5 nitrogen and oxygen atoms in total. The Morgan fingerprint density at radius 1 is 1.25 bits per heavy atom. The van der Waals surface area contributed by atoms with Crippen LogP contribution in [0.4, 0.5) is 5.69 Å². The van der Waals surface area contributed by atoms with E-state index in [4.69, 9.17) is 21.1 Å². The molecule has 0 amide bonds. The average Bonchev–Trinajstić information content (AvgIpc) is 2.58. The fourth-order valence-corrected chi connectivity index (χ4v) is 3.41. The normalized spacial score (nSPS) is 20.8. The summed E-state index contributed by atoms with van der Waals surface area (Å²) in [6.07, 6.45) is 4.13. The number of benzene rings is 1. The summed E-state index contributed by atoms with van der Waals surface area (Å²) in [4.78, 5) is 14.0. The first-order valence-corrected chi connectivity index (χ1v) is 9.03. The predicted octanol–water partition coefficient (Wildman–Crippen LogP) is 3.13. The van der Waals surface area contributed by atoms with Crippen LogP contribution in [0.2, 0.25) is 0 Å². The molecule has 132 valence electrons. The summed E-state index contributed by atoms with van der Waals surface area (Å²) in [7, 11) is 2.13. The first-order valence-electron chi connectivity index (χ1n) is 8.65. The molecule has 0 unspecified atom stereocenters. The van der Waals surface area contributed by atoms with Crippen LogP contribution in [0, 0.1) is 0 Å². The Labute approximate surface area is 148 Å². The van der Waals surface area contributed by atoms with E-state index < -0.39 is 5.24 Å². The van der Waals surface area contributed by atoms with Gasteiger partial charge in [0, 0.05) is 38.4 Å². The van der Waals surface area contributed by atoms with Gasteiger partial charge in [0.15, 0.2) is 0 Å². The fraction of sp³-hybridized carbons (Fsp3) is 0.611. The van der Waals surface area contributed by atoms with E-state index in [-0.39, 0.29) is 6.10 Å². The van der Waals surface area contributed by atoms with E-state index in [0.717, 1.165) is 63.4 Å². The highest BCUT2D eigenvalue weighted by molar-refractivity contribution is 6.68. The lowest BCUT2D eigenvalue weighted by atomic mass is 10.1. The van der Waals surface area contributed by atoms with E-state index >= 15 is 0 Å². The Kier molecular flexibility index (Phi) is 5.98. The van der Waals surface area contributed by atoms with Crippen LogP contribution in [-0.2, 0) is 4.74 Å². The number of carbonyl (C=O) groups excluding carboxylic acids is 1. The molecule has 6 heteroatoms. The minimum absolute atomic E-state index is 0.231. The zero-order chi connectivity index (χ0) is 16.9. The zero-order valence-electron chi connectivity index (χ0n) is 14.1. The Morgan fingerprint density at radius 2 is 1.96 bits per heavy atom. The predicted molar refractivity (Wildman–Crippen MR) is 95.2 cm³/mol. The maximum Gasteiger partial charge on any atom is 0.254 e. The van der Waals surface area contributed by atoms with Crippen molar-refractivity contribution in [3.05, 3.63) is 23.8 Å². The summed E-state index contributed by atoms with van der Waals surface area (Å²) in [5.41, 5.74) is 1.26. The fourth-order valence-electron chi connectivity index (χ4n) is 3.24. The van der Waals surface area contributed by atoms with Gasteiger partial charge in [0.25, 0.3) is 5.24 Å². The molecule has 1 aromatic carbocycles. The molecule has 2 fully saturated rings. The molecular weight excluding hydrogens is 328 g/mol. The first kappa shape index (κ1) is 17.5. The minimum atomic E-state index is -0.449. The van der Waals surface area contributed by atoms with Gasteiger partial charge in [-0.3, -0.25) is 4.79 Å². The Morgan fingerprint density at radius 3 is 2.62 bits per heavy atom. The maximum atomic E-state index is 11.7. The lowest BCUT2D eigenvalue weighted by molar-refractivity contribution is 0.0904. The van der Waals surface area contributed by atoms with Crippen LogP contribution in [0.15, 0.2) is 18.2 Å². The number of anilines is 1. The second-order valence-corrected chi connectivity index (χ2v) is 6.98. The molecule has 24 heavy (non-hydrogen) atoms. The summed E-state index contributed by atoms with van der Waals surface area (Å²) < 4.78 is 11.5. The molecule has 2 saturated heterocycles. The molecule has 1 N–H and O–H groups in total. The van der Waals surface area contributed by atoms with Crippen LogP contribution in [0.25, 0.3) is 0 Å². The van der Waals surface area contributed by atoms with Gasteiger partial charge in [0.2, 0.25) is 0 Å². The minimum Gasteiger partial charge on any atom is -0.490 e. The summed E-state index contributed by atoms with van der Waals surface area (Å²) in [5, 5.41) is 2.99. The Bertz CT molecular complexity index is 567. The number of hydrogen-bond acceptors (Lipinski definition) is 5. The van der Waals surface area contributed by atoms with Crippen LogP contribution >= 0.6 is 11.6 Å². The number of nitrogens with one attached hydrogen (secondary N) is 1. The molecule has 2 heterocycles. The number of piperidine rings is 1. The van der Waals surface area contributed by atoms with Gasteiger partial charge in [-0.1, -0.05) is 0 Å². The standard InChI is InChI=1S/C18H25ClN2O3/c1-21-8-4-14(5-9-21)24-15-2-3-16(18(19)22)17(12-15)20-13-6-10-23-11-7-13/h2-3,12-14,20H,4-11H2,1H3. The SMILES string of the molecule is CN1CCC(Oc2ccc(C(=O)Cl)c(NC3CCOCC3)c2)CC1. The molecule has 0 bridgehead atoms. The molecular formula is C18H25ClN2O3. The van der Waals surface area contributed by atoms with Crippen molar-refractivity contribution in [1.82, 2.24) is 4.90 Å². The van der Waals surface area contributed by atoms with Crippen molar-refractivity contribution in [1.29, 1.82) is 0 Å². The molecule has 0 saturated carbocycles. The second-order valence-electron chi connectivity index (χ2n) is 6.63. The first-order chi connectivity index (χ1) is 11.6. The van der Waals surface area contributed by atoms with Gasteiger partial charge in [-0.05, 0) is 56.5 Å². The third kappa shape index (κ3) is 4.62. The van der Waals surface area contributed by atoms with Gasteiger partial charge >= 0.3 is 0 Å². The topological polar surface area (TPSA) is 50.8 Å². The zero-order valence-corrected chi connectivity index (χ0v) is 14.8.